The van der Waals surface area contributed by atoms with Gasteiger partial charge in [-0.25, -0.2) is 9.78 Å². The van der Waals surface area contributed by atoms with E-state index in [9.17, 15) is 14.7 Å². The molecule has 0 bridgehead atoms. The van der Waals surface area contributed by atoms with E-state index in [-0.39, 0.29) is 22.4 Å². The molecule has 1 fully saturated rings. The fourth-order valence-corrected chi connectivity index (χ4v) is 12.4. The molecular weight excluding hydrogens is 685 g/mol. The predicted octanol–water partition coefficient (Wildman–Crippen LogP) is 7.30. The summed E-state index contributed by atoms with van der Waals surface area (Å²) in [5.41, 5.74) is 0.635. The number of carboxylic acid groups (broad SMARTS) is 1. The largest absolute Gasteiger partial charge is 0.479 e. The highest BCUT2D eigenvalue weighted by Gasteiger charge is 2.51. The van der Waals surface area contributed by atoms with Gasteiger partial charge in [0.2, 0.25) is 0 Å². The van der Waals surface area contributed by atoms with Crippen molar-refractivity contribution in [2.75, 3.05) is 24.6 Å². The molecule has 2 atom stereocenters. The lowest BCUT2D eigenvalue weighted by Gasteiger charge is -2.44. The number of aryl methyl sites for hydroxylation is 1. The van der Waals surface area contributed by atoms with Crippen molar-refractivity contribution >= 4 is 42.4 Å². The number of unbranched alkanes of at least 4 members (excludes halogenated alkanes) is 1. The van der Waals surface area contributed by atoms with E-state index >= 15 is 0 Å². The molecule has 0 spiro atoms. The number of ether oxygens (including phenoxy) is 2. The van der Waals surface area contributed by atoms with Gasteiger partial charge in [0.25, 0.3) is 8.32 Å². The SMILES string of the molecule is Cc1nc2cc(C=O)nn2c(N2CCC(C)(OCCCC[C@@H](C)O[Si](c3ccccc3)(c3ccccc3)C(C)(C)C)CC2)c1C(OC(C)(C)C)C(=O)O. The number of carbonyl (C=O) groups is 2. The summed E-state index contributed by atoms with van der Waals surface area (Å²) < 4.78 is 21.5. The van der Waals surface area contributed by atoms with Crippen LogP contribution >= 0.6 is 0 Å². The number of aldehydes is 1. The average Bonchev–Trinajstić information content (AvgIpc) is 3.52. The molecule has 1 aliphatic rings. The molecule has 0 saturated carbocycles. The van der Waals surface area contributed by atoms with Gasteiger partial charge in [-0.1, -0.05) is 81.4 Å². The van der Waals surface area contributed by atoms with Gasteiger partial charge in [0, 0.05) is 37.6 Å². The van der Waals surface area contributed by atoms with Crippen LogP contribution in [0, 0.1) is 6.92 Å². The van der Waals surface area contributed by atoms with Crippen molar-refractivity contribution in [2.45, 2.75) is 123 Å². The van der Waals surface area contributed by atoms with E-state index in [1.54, 1.807) is 17.5 Å². The van der Waals surface area contributed by atoms with Crippen LogP contribution < -0.4 is 15.3 Å². The van der Waals surface area contributed by atoms with Crippen molar-refractivity contribution in [3.8, 4) is 0 Å². The Morgan fingerprint density at radius 2 is 1.57 bits per heavy atom. The Balaban J connectivity index is 1.24. The molecule has 1 saturated heterocycles. The Kier molecular flexibility index (Phi) is 12.3. The van der Waals surface area contributed by atoms with Gasteiger partial charge >= 0.3 is 5.97 Å². The topological polar surface area (TPSA) is 115 Å². The molecule has 1 aliphatic heterocycles. The van der Waals surface area contributed by atoms with Crippen LogP contribution in [0.4, 0.5) is 5.82 Å². The molecule has 4 aromatic rings. The Morgan fingerprint density at radius 3 is 2.08 bits per heavy atom. The minimum absolute atomic E-state index is 0.0691. The highest BCUT2D eigenvalue weighted by molar-refractivity contribution is 6.99. The fourth-order valence-electron chi connectivity index (χ4n) is 7.63. The third kappa shape index (κ3) is 9.08. The number of hydrogen-bond acceptors (Lipinski definition) is 8. The molecule has 53 heavy (non-hydrogen) atoms. The van der Waals surface area contributed by atoms with Crippen molar-refractivity contribution in [3.05, 3.63) is 83.7 Å². The van der Waals surface area contributed by atoms with E-state index < -0.39 is 26.0 Å². The summed E-state index contributed by atoms with van der Waals surface area (Å²) in [6.07, 6.45) is 3.82. The normalized spacial score (nSPS) is 16.4. The summed E-state index contributed by atoms with van der Waals surface area (Å²) in [5.74, 6) is -0.515. The van der Waals surface area contributed by atoms with Crippen LogP contribution in [0.15, 0.2) is 66.7 Å². The lowest BCUT2D eigenvalue weighted by atomic mass is 9.92. The summed E-state index contributed by atoms with van der Waals surface area (Å²) in [5, 5.41) is 17.3. The standard InChI is InChI=1S/C42H58N4O6Si/c1-30(52-53(41(6,7)8,33-19-12-10-13-20-33)34-21-14-11-15-22-34)18-16-17-27-50-42(9)23-25-45(26-24-42)38-36(37(39(48)49)51-40(3,4)5)31(2)43-35-28-32(29-47)44-46(35)38/h10-15,19-22,28-30,37H,16-18,23-27H2,1-9H3,(H,48,49)/t30-,37?/m1/s1. The summed E-state index contributed by atoms with van der Waals surface area (Å²) in [7, 11) is -2.61. The van der Waals surface area contributed by atoms with Gasteiger partial charge < -0.3 is 23.9 Å². The van der Waals surface area contributed by atoms with Crippen LogP contribution in [-0.4, -0.2) is 77.3 Å². The highest BCUT2D eigenvalue weighted by Crippen LogP contribution is 2.39. The maximum atomic E-state index is 12.6. The monoisotopic (exact) mass is 742 g/mol. The summed E-state index contributed by atoms with van der Waals surface area (Å²) in [6, 6.07) is 23.2. The Bertz CT molecular complexity index is 1800. The zero-order valence-electron chi connectivity index (χ0n) is 33.0. The number of benzene rings is 2. The first kappa shape index (κ1) is 40.3. The van der Waals surface area contributed by atoms with E-state index in [1.807, 2.05) is 20.8 Å². The zero-order valence-corrected chi connectivity index (χ0v) is 34.0. The van der Waals surface area contributed by atoms with Crippen LogP contribution in [0.1, 0.15) is 115 Å². The summed E-state index contributed by atoms with van der Waals surface area (Å²) in [4.78, 5) is 31.1. The molecule has 286 valence electrons. The van der Waals surface area contributed by atoms with Gasteiger partial charge in [-0.05, 0) is 89.1 Å². The second-order valence-electron chi connectivity index (χ2n) is 16.7. The number of aliphatic carboxylic acids is 1. The zero-order chi connectivity index (χ0) is 38.6. The van der Waals surface area contributed by atoms with Crippen LogP contribution in [0.5, 0.6) is 0 Å². The van der Waals surface area contributed by atoms with E-state index in [4.69, 9.17) is 13.9 Å². The molecule has 11 heteroatoms. The Labute approximate surface area is 316 Å². The minimum Gasteiger partial charge on any atom is -0.479 e. The molecule has 2 aromatic carbocycles. The van der Waals surface area contributed by atoms with E-state index in [1.165, 1.54) is 10.4 Å². The van der Waals surface area contributed by atoms with Crippen molar-refractivity contribution in [1.29, 1.82) is 0 Å². The van der Waals surface area contributed by atoms with Gasteiger partial charge in [0.1, 0.15) is 11.5 Å². The number of piperidine rings is 1. The maximum absolute atomic E-state index is 12.6. The molecule has 0 amide bonds. The molecule has 1 N–H and O–H groups in total. The first-order chi connectivity index (χ1) is 25.0. The van der Waals surface area contributed by atoms with Crippen molar-refractivity contribution < 1.29 is 28.6 Å². The third-order valence-electron chi connectivity index (χ3n) is 10.3. The number of nitrogens with zero attached hydrogens (tertiary/aromatic N) is 4. The molecule has 1 unspecified atom stereocenters. The van der Waals surface area contributed by atoms with E-state index in [0.29, 0.717) is 48.7 Å². The van der Waals surface area contributed by atoms with Crippen molar-refractivity contribution in [2.24, 2.45) is 0 Å². The quantitative estimate of drug-likeness (QED) is 0.0761. The van der Waals surface area contributed by atoms with Crippen LogP contribution in [0.3, 0.4) is 0 Å². The van der Waals surface area contributed by atoms with Gasteiger partial charge in [-0.15, -0.1) is 0 Å². The third-order valence-corrected chi connectivity index (χ3v) is 15.4. The molecular formula is C42H58N4O6Si. The van der Waals surface area contributed by atoms with Gasteiger partial charge in [0.15, 0.2) is 18.0 Å². The summed E-state index contributed by atoms with van der Waals surface area (Å²) >= 11 is 0. The highest BCUT2D eigenvalue weighted by atomic mass is 28.4. The molecule has 3 heterocycles. The average molecular weight is 743 g/mol. The molecule has 2 aromatic heterocycles. The second-order valence-corrected chi connectivity index (χ2v) is 21.0. The number of rotatable bonds is 15. The van der Waals surface area contributed by atoms with Crippen LogP contribution in [0.25, 0.3) is 5.65 Å². The number of fused-ring (bicyclic) bond motifs is 1. The fraction of sp³-hybridized carbons (Fsp3) is 0.524. The lowest BCUT2D eigenvalue weighted by molar-refractivity contribution is -0.160. The molecule has 10 nitrogen and oxygen atoms in total. The van der Waals surface area contributed by atoms with Crippen molar-refractivity contribution in [1.82, 2.24) is 14.6 Å². The first-order valence-corrected chi connectivity index (χ1v) is 20.8. The Hall–Kier alpha value is -3.90. The van der Waals surface area contributed by atoms with E-state index in [2.05, 4.69) is 110 Å². The summed E-state index contributed by atoms with van der Waals surface area (Å²) in [6.45, 7) is 20.5. The molecule has 5 rings (SSSR count). The van der Waals surface area contributed by atoms with E-state index in [0.717, 1.165) is 32.1 Å². The number of aromatic nitrogens is 3. The van der Waals surface area contributed by atoms with Crippen molar-refractivity contribution in [3.63, 3.8) is 0 Å². The van der Waals surface area contributed by atoms with Gasteiger partial charge in [-0.3, -0.25) is 4.79 Å². The van der Waals surface area contributed by atoms with Gasteiger partial charge in [-0.2, -0.15) is 9.61 Å². The number of anilines is 1. The molecule has 0 radical (unpaired) electrons. The minimum atomic E-state index is -2.61. The lowest BCUT2D eigenvalue weighted by Crippen LogP contribution is -2.67. The maximum Gasteiger partial charge on any atom is 0.337 e. The first-order valence-electron chi connectivity index (χ1n) is 18.9. The van der Waals surface area contributed by atoms with Crippen LogP contribution in [-0.2, 0) is 18.7 Å². The van der Waals surface area contributed by atoms with Crippen LogP contribution in [0.2, 0.25) is 5.04 Å². The Morgan fingerprint density at radius 1 is 0.981 bits per heavy atom. The number of hydrogen-bond donors (Lipinski definition) is 1. The number of carbonyl (C=O) groups excluding carboxylic acids is 1. The van der Waals surface area contributed by atoms with Gasteiger partial charge in [0.05, 0.1) is 16.8 Å². The molecule has 0 aliphatic carbocycles. The smallest absolute Gasteiger partial charge is 0.337 e. The second kappa shape index (κ2) is 16.2. The predicted molar refractivity (Wildman–Crippen MR) is 212 cm³/mol. The number of carboxylic acids is 1.